The number of amides is 1. The van der Waals surface area contributed by atoms with Gasteiger partial charge >= 0.3 is 0 Å². The molecule has 0 unspecified atom stereocenters. The molecule has 0 bridgehead atoms. The number of nitrogens with zero attached hydrogens (tertiary/aromatic N) is 1. The molecule has 0 aliphatic carbocycles. The summed E-state index contributed by atoms with van der Waals surface area (Å²) in [4.78, 5) is 22.3. The van der Waals surface area contributed by atoms with Crippen molar-refractivity contribution in [3.8, 4) is 0 Å². The van der Waals surface area contributed by atoms with E-state index in [1.54, 1.807) is 18.2 Å². The van der Waals surface area contributed by atoms with Crippen LogP contribution < -0.4 is 11.1 Å². The first-order valence-corrected chi connectivity index (χ1v) is 6.86. The van der Waals surface area contributed by atoms with Gasteiger partial charge in [-0.15, -0.1) is 0 Å². The fourth-order valence-electron chi connectivity index (χ4n) is 1.64. The Morgan fingerprint density at radius 3 is 2.71 bits per heavy atom. The molecule has 2 aromatic carbocycles. The number of nitrogen functional groups attached to an aromatic ring is 1. The van der Waals surface area contributed by atoms with Crippen LogP contribution >= 0.6 is 27.5 Å². The van der Waals surface area contributed by atoms with Gasteiger partial charge in [0.2, 0.25) is 0 Å². The Hall–Kier alpha value is -2.12. The van der Waals surface area contributed by atoms with E-state index in [1.807, 2.05) is 0 Å². The summed E-state index contributed by atoms with van der Waals surface area (Å²) >= 11 is 9.18. The van der Waals surface area contributed by atoms with Crippen LogP contribution in [0.3, 0.4) is 0 Å². The standard InChI is InChI=1S/C13H9BrClN3O3/c14-12-8(15)2-1-3-10(12)17-13(19)7-4-5-9(16)11(6-7)18(20)21/h1-6H,16H2,(H,17,19). The number of nitro groups is 1. The molecule has 108 valence electrons. The Morgan fingerprint density at radius 2 is 2.05 bits per heavy atom. The Labute approximate surface area is 133 Å². The van der Waals surface area contributed by atoms with Crippen molar-refractivity contribution in [3.05, 3.63) is 61.6 Å². The predicted octanol–water partition coefficient (Wildman–Crippen LogP) is 3.85. The fraction of sp³-hybridized carbons (Fsp3) is 0. The maximum Gasteiger partial charge on any atom is 0.292 e. The molecule has 2 rings (SSSR count). The van der Waals surface area contributed by atoms with Crippen LogP contribution in [0.5, 0.6) is 0 Å². The number of hydrogen-bond acceptors (Lipinski definition) is 4. The van der Waals surface area contributed by atoms with Crippen molar-refractivity contribution >= 4 is 50.5 Å². The van der Waals surface area contributed by atoms with Crippen LogP contribution in [0.15, 0.2) is 40.9 Å². The zero-order valence-corrected chi connectivity index (χ0v) is 12.8. The highest BCUT2D eigenvalue weighted by atomic mass is 79.9. The zero-order valence-electron chi connectivity index (χ0n) is 10.5. The molecular formula is C13H9BrClN3O3. The van der Waals surface area contributed by atoms with Gasteiger partial charge in [0.15, 0.2) is 0 Å². The summed E-state index contributed by atoms with van der Waals surface area (Å²) in [6, 6.07) is 8.85. The minimum atomic E-state index is -0.637. The van der Waals surface area contributed by atoms with Gasteiger partial charge in [-0.2, -0.15) is 0 Å². The highest BCUT2D eigenvalue weighted by Gasteiger charge is 2.16. The van der Waals surface area contributed by atoms with Crippen molar-refractivity contribution in [1.29, 1.82) is 0 Å². The second-order valence-corrected chi connectivity index (χ2v) is 5.29. The van der Waals surface area contributed by atoms with E-state index in [0.29, 0.717) is 15.2 Å². The number of benzene rings is 2. The van der Waals surface area contributed by atoms with Crippen LogP contribution in [0, 0.1) is 10.1 Å². The van der Waals surface area contributed by atoms with Crippen LogP contribution in [0.1, 0.15) is 10.4 Å². The van der Waals surface area contributed by atoms with Crippen LogP contribution in [0.2, 0.25) is 5.02 Å². The lowest BCUT2D eigenvalue weighted by atomic mass is 10.1. The van der Waals surface area contributed by atoms with E-state index in [1.165, 1.54) is 12.1 Å². The molecule has 0 heterocycles. The number of carbonyl (C=O) groups is 1. The highest BCUT2D eigenvalue weighted by Crippen LogP contribution is 2.30. The van der Waals surface area contributed by atoms with Crippen molar-refractivity contribution in [2.24, 2.45) is 0 Å². The van der Waals surface area contributed by atoms with Crippen LogP contribution in [-0.4, -0.2) is 10.8 Å². The molecule has 1 amide bonds. The Kier molecular flexibility index (Phi) is 4.44. The molecule has 0 radical (unpaired) electrons. The average Bonchev–Trinajstić information content (AvgIpc) is 2.44. The van der Waals surface area contributed by atoms with E-state index in [9.17, 15) is 14.9 Å². The van der Waals surface area contributed by atoms with Crippen molar-refractivity contribution in [2.45, 2.75) is 0 Å². The molecule has 2 aromatic rings. The molecule has 8 heteroatoms. The molecule has 0 fully saturated rings. The number of halogens is 2. The summed E-state index contributed by atoms with van der Waals surface area (Å²) < 4.78 is 0.532. The zero-order chi connectivity index (χ0) is 15.6. The van der Waals surface area contributed by atoms with Crippen molar-refractivity contribution < 1.29 is 9.72 Å². The molecule has 0 atom stereocenters. The van der Waals surface area contributed by atoms with Gasteiger partial charge in [0.1, 0.15) is 5.69 Å². The lowest BCUT2D eigenvalue weighted by Gasteiger charge is -2.08. The van der Waals surface area contributed by atoms with Gasteiger partial charge in [0, 0.05) is 11.6 Å². The first-order valence-electron chi connectivity index (χ1n) is 5.69. The monoisotopic (exact) mass is 369 g/mol. The number of anilines is 2. The second kappa shape index (κ2) is 6.11. The van der Waals surface area contributed by atoms with Gasteiger partial charge in [-0.05, 0) is 40.2 Å². The first-order chi connectivity index (χ1) is 9.90. The number of carbonyl (C=O) groups excluding carboxylic acids is 1. The third kappa shape index (κ3) is 3.32. The van der Waals surface area contributed by atoms with E-state index in [4.69, 9.17) is 17.3 Å². The summed E-state index contributed by atoms with van der Waals surface area (Å²) in [7, 11) is 0. The first kappa shape index (κ1) is 15.3. The van der Waals surface area contributed by atoms with E-state index in [2.05, 4.69) is 21.2 Å². The molecule has 21 heavy (non-hydrogen) atoms. The maximum absolute atomic E-state index is 12.1. The molecule has 0 saturated carbocycles. The van der Waals surface area contributed by atoms with Crippen LogP contribution in [0.4, 0.5) is 17.1 Å². The lowest BCUT2D eigenvalue weighted by molar-refractivity contribution is -0.383. The smallest absolute Gasteiger partial charge is 0.292 e. The van der Waals surface area contributed by atoms with Gasteiger partial charge in [-0.3, -0.25) is 14.9 Å². The summed E-state index contributed by atoms with van der Waals surface area (Å²) in [5, 5.41) is 13.9. The largest absolute Gasteiger partial charge is 0.393 e. The lowest BCUT2D eigenvalue weighted by Crippen LogP contribution is -2.13. The van der Waals surface area contributed by atoms with Gasteiger partial charge in [0.05, 0.1) is 20.1 Å². The van der Waals surface area contributed by atoms with Gasteiger partial charge in [0.25, 0.3) is 11.6 Å². The SMILES string of the molecule is Nc1ccc(C(=O)Nc2cccc(Cl)c2Br)cc1[N+](=O)[O-]. The number of nitro benzene ring substituents is 1. The number of hydrogen-bond donors (Lipinski definition) is 2. The molecular weight excluding hydrogens is 362 g/mol. The maximum atomic E-state index is 12.1. The van der Waals surface area contributed by atoms with E-state index < -0.39 is 10.8 Å². The summed E-state index contributed by atoms with van der Waals surface area (Å²) in [5.41, 5.74) is 5.77. The van der Waals surface area contributed by atoms with Crippen molar-refractivity contribution in [2.75, 3.05) is 11.1 Å². The normalized spacial score (nSPS) is 10.2. The molecule has 3 N–H and O–H groups in total. The minimum Gasteiger partial charge on any atom is -0.393 e. The highest BCUT2D eigenvalue weighted by molar-refractivity contribution is 9.10. The Balaban J connectivity index is 2.31. The third-order valence-corrected chi connectivity index (χ3v) is 4.09. The molecule has 0 spiro atoms. The topological polar surface area (TPSA) is 98.3 Å². The van der Waals surface area contributed by atoms with Crippen molar-refractivity contribution in [1.82, 2.24) is 0 Å². The molecule has 6 nitrogen and oxygen atoms in total. The fourth-order valence-corrected chi connectivity index (χ4v) is 2.18. The van der Waals surface area contributed by atoms with Gasteiger partial charge in [-0.25, -0.2) is 0 Å². The summed E-state index contributed by atoms with van der Waals surface area (Å²) in [6.45, 7) is 0. The number of nitrogens with two attached hydrogens (primary N) is 1. The van der Waals surface area contributed by atoms with E-state index in [-0.39, 0.29) is 16.9 Å². The van der Waals surface area contributed by atoms with Gasteiger partial charge < -0.3 is 11.1 Å². The molecule has 0 aliphatic heterocycles. The van der Waals surface area contributed by atoms with Gasteiger partial charge in [-0.1, -0.05) is 17.7 Å². The third-order valence-electron chi connectivity index (χ3n) is 2.69. The second-order valence-electron chi connectivity index (χ2n) is 4.09. The Bertz CT molecular complexity index is 737. The molecule has 0 aromatic heterocycles. The summed E-state index contributed by atoms with van der Waals surface area (Å²) in [6.07, 6.45) is 0. The van der Waals surface area contributed by atoms with E-state index >= 15 is 0 Å². The van der Waals surface area contributed by atoms with Crippen LogP contribution in [0.25, 0.3) is 0 Å². The van der Waals surface area contributed by atoms with Crippen LogP contribution in [-0.2, 0) is 0 Å². The quantitative estimate of drug-likeness (QED) is 0.487. The molecule has 0 aliphatic rings. The van der Waals surface area contributed by atoms with E-state index in [0.717, 1.165) is 6.07 Å². The number of nitrogens with one attached hydrogen (secondary N) is 1. The molecule has 0 saturated heterocycles. The summed E-state index contributed by atoms with van der Waals surface area (Å²) in [5.74, 6) is -0.499. The Morgan fingerprint density at radius 1 is 1.33 bits per heavy atom. The minimum absolute atomic E-state index is 0.000450. The predicted molar refractivity (Wildman–Crippen MR) is 84.6 cm³/mol. The average molecular weight is 371 g/mol. The number of rotatable bonds is 3. The van der Waals surface area contributed by atoms with Crippen molar-refractivity contribution in [3.63, 3.8) is 0 Å².